The van der Waals surface area contributed by atoms with Crippen molar-refractivity contribution in [2.75, 3.05) is 49.3 Å². The second kappa shape index (κ2) is 12.4. The Balaban J connectivity index is 2.01. The first kappa shape index (κ1) is 29.5. The molecule has 1 aromatic heterocycles. The molecule has 4 rings (SSSR count). The molecule has 11 nitrogen and oxygen atoms in total. The molecular formula is C29H32N2O9S. The standard InChI is InChI=1S/C29H32N2O9S/c1-9-40-28(33)23-15(2)30-29-31(24(23)17-13-20(36-5)26(39-8)21(14-17)37-6)27(32)22(41-29)12-16-10-18(34-3)25(38-7)19(11-16)35-4/h10-14,24H,9H2,1-8H3/b22-12-/t24-/m0/s1. The number of carbonyl (C=O) groups excluding carboxylic acids is 1. The Bertz CT molecular complexity index is 1640. The van der Waals surface area contributed by atoms with Gasteiger partial charge in [0.05, 0.1) is 71.1 Å². The molecule has 0 unspecified atom stereocenters. The van der Waals surface area contributed by atoms with Gasteiger partial charge in [-0.3, -0.25) is 9.36 Å². The summed E-state index contributed by atoms with van der Waals surface area (Å²) in [5.74, 6) is 1.88. The number of carbonyl (C=O) groups is 1. The molecular weight excluding hydrogens is 552 g/mol. The van der Waals surface area contributed by atoms with Crippen LogP contribution in [0.2, 0.25) is 0 Å². The Morgan fingerprint density at radius 2 is 1.39 bits per heavy atom. The molecule has 1 atom stereocenters. The first-order valence-electron chi connectivity index (χ1n) is 12.6. The van der Waals surface area contributed by atoms with Crippen molar-refractivity contribution in [1.82, 2.24) is 4.57 Å². The van der Waals surface area contributed by atoms with E-state index in [1.807, 2.05) is 0 Å². The Kier molecular flexibility index (Phi) is 8.92. The van der Waals surface area contributed by atoms with Gasteiger partial charge in [0, 0.05) is 0 Å². The van der Waals surface area contributed by atoms with Crippen molar-refractivity contribution in [3.63, 3.8) is 0 Å². The number of hydrogen-bond donors (Lipinski definition) is 0. The van der Waals surface area contributed by atoms with Crippen molar-refractivity contribution < 1.29 is 38.0 Å². The van der Waals surface area contributed by atoms with E-state index in [2.05, 4.69) is 4.99 Å². The van der Waals surface area contributed by atoms with E-state index in [1.54, 1.807) is 44.2 Å². The van der Waals surface area contributed by atoms with E-state index >= 15 is 0 Å². The highest BCUT2D eigenvalue weighted by Crippen LogP contribution is 2.42. The summed E-state index contributed by atoms with van der Waals surface area (Å²) in [6.07, 6.45) is 1.71. The number of aromatic nitrogens is 1. The van der Waals surface area contributed by atoms with Crippen LogP contribution in [0.3, 0.4) is 0 Å². The molecule has 0 N–H and O–H groups in total. The molecule has 218 valence electrons. The summed E-state index contributed by atoms with van der Waals surface area (Å²) in [6.45, 7) is 3.59. The van der Waals surface area contributed by atoms with Crippen LogP contribution in [-0.2, 0) is 9.53 Å². The third-order valence-electron chi connectivity index (χ3n) is 6.50. The zero-order chi connectivity index (χ0) is 29.8. The molecule has 1 aliphatic rings. The minimum Gasteiger partial charge on any atom is -0.493 e. The van der Waals surface area contributed by atoms with Gasteiger partial charge in [-0.05, 0) is 55.3 Å². The lowest BCUT2D eigenvalue weighted by atomic mass is 9.95. The molecule has 0 aliphatic carbocycles. The fourth-order valence-corrected chi connectivity index (χ4v) is 5.75. The Morgan fingerprint density at radius 1 is 0.878 bits per heavy atom. The average Bonchev–Trinajstić information content (AvgIpc) is 3.28. The van der Waals surface area contributed by atoms with Crippen LogP contribution in [0.25, 0.3) is 6.08 Å². The lowest BCUT2D eigenvalue weighted by Crippen LogP contribution is -2.40. The van der Waals surface area contributed by atoms with Crippen molar-refractivity contribution in [3.8, 4) is 34.5 Å². The SMILES string of the molecule is CCOC(=O)C1=C(C)N=c2s/c(=C\c3cc(OC)c(OC)c(OC)c3)c(=O)n2[C@H]1c1cc(OC)c(OC)c(OC)c1. The number of allylic oxidation sites excluding steroid dienone is 1. The van der Waals surface area contributed by atoms with Gasteiger partial charge in [0.25, 0.3) is 5.56 Å². The van der Waals surface area contributed by atoms with E-state index in [1.165, 1.54) is 58.6 Å². The minimum atomic E-state index is -0.874. The Labute approximate surface area is 240 Å². The van der Waals surface area contributed by atoms with Gasteiger partial charge < -0.3 is 33.2 Å². The summed E-state index contributed by atoms with van der Waals surface area (Å²) in [7, 11) is 9.05. The van der Waals surface area contributed by atoms with Crippen molar-refractivity contribution in [2.45, 2.75) is 19.9 Å². The highest BCUT2D eigenvalue weighted by molar-refractivity contribution is 7.07. The molecule has 3 aromatic rings. The molecule has 0 saturated carbocycles. The Morgan fingerprint density at radius 3 is 1.85 bits per heavy atom. The topological polar surface area (TPSA) is 116 Å². The maximum atomic E-state index is 14.0. The van der Waals surface area contributed by atoms with Crippen molar-refractivity contribution in [1.29, 1.82) is 0 Å². The van der Waals surface area contributed by atoms with Crippen LogP contribution in [0.4, 0.5) is 0 Å². The van der Waals surface area contributed by atoms with Crippen LogP contribution < -0.4 is 43.3 Å². The summed E-state index contributed by atoms with van der Waals surface area (Å²) >= 11 is 1.19. The second-order valence-electron chi connectivity index (χ2n) is 8.72. The number of nitrogens with zero attached hydrogens (tertiary/aromatic N) is 2. The molecule has 0 fully saturated rings. The van der Waals surface area contributed by atoms with Crippen molar-refractivity contribution >= 4 is 23.4 Å². The second-order valence-corrected chi connectivity index (χ2v) is 9.73. The number of benzene rings is 2. The van der Waals surface area contributed by atoms with Gasteiger partial charge in [0.1, 0.15) is 0 Å². The van der Waals surface area contributed by atoms with Crippen molar-refractivity contribution in [2.24, 2.45) is 4.99 Å². The smallest absolute Gasteiger partial charge is 0.338 e. The van der Waals surface area contributed by atoms with E-state index < -0.39 is 12.0 Å². The fourth-order valence-electron chi connectivity index (χ4n) is 4.70. The van der Waals surface area contributed by atoms with E-state index in [-0.39, 0.29) is 17.7 Å². The normalized spacial score (nSPS) is 14.6. The minimum absolute atomic E-state index is 0.156. The van der Waals surface area contributed by atoms with Crippen LogP contribution in [0.15, 0.2) is 45.3 Å². The number of rotatable bonds is 10. The van der Waals surface area contributed by atoms with Crippen LogP contribution in [-0.4, -0.2) is 59.8 Å². The number of ether oxygens (including phenoxy) is 7. The van der Waals surface area contributed by atoms with E-state index in [0.717, 1.165) is 0 Å². The number of hydrogen-bond acceptors (Lipinski definition) is 11. The van der Waals surface area contributed by atoms with Gasteiger partial charge in [-0.1, -0.05) is 11.3 Å². The maximum absolute atomic E-state index is 14.0. The lowest BCUT2D eigenvalue weighted by molar-refractivity contribution is -0.139. The monoisotopic (exact) mass is 584 g/mol. The van der Waals surface area contributed by atoms with Crippen LogP contribution in [0.1, 0.15) is 31.0 Å². The summed E-state index contributed by atoms with van der Waals surface area (Å²) in [4.78, 5) is 32.3. The van der Waals surface area contributed by atoms with Gasteiger partial charge in [-0.15, -0.1) is 0 Å². The number of methoxy groups -OCH3 is 6. The molecule has 1 aliphatic heterocycles. The van der Waals surface area contributed by atoms with Gasteiger partial charge >= 0.3 is 5.97 Å². The molecule has 0 amide bonds. The van der Waals surface area contributed by atoms with E-state index in [9.17, 15) is 9.59 Å². The molecule has 12 heteroatoms. The third kappa shape index (κ3) is 5.34. The highest BCUT2D eigenvalue weighted by Gasteiger charge is 2.34. The molecule has 0 spiro atoms. The maximum Gasteiger partial charge on any atom is 0.338 e. The highest BCUT2D eigenvalue weighted by atomic mass is 32.1. The fraction of sp³-hybridized carbons (Fsp3) is 0.345. The van der Waals surface area contributed by atoms with Gasteiger partial charge in [-0.2, -0.15) is 0 Å². The quantitative estimate of drug-likeness (QED) is 0.332. The van der Waals surface area contributed by atoms with Crippen molar-refractivity contribution in [3.05, 3.63) is 66.4 Å². The lowest BCUT2D eigenvalue weighted by Gasteiger charge is -2.26. The summed E-state index contributed by atoms with van der Waals surface area (Å²) in [6, 6.07) is 6.03. The zero-order valence-electron chi connectivity index (χ0n) is 24.1. The van der Waals surface area contributed by atoms with Gasteiger partial charge in [0.15, 0.2) is 27.8 Å². The van der Waals surface area contributed by atoms with Crippen LogP contribution in [0.5, 0.6) is 34.5 Å². The van der Waals surface area contributed by atoms with Gasteiger partial charge in [0.2, 0.25) is 11.5 Å². The molecule has 2 heterocycles. The largest absolute Gasteiger partial charge is 0.493 e. The number of esters is 1. The molecule has 0 bridgehead atoms. The molecule has 0 saturated heterocycles. The third-order valence-corrected chi connectivity index (χ3v) is 7.49. The summed E-state index contributed by atoms with van der Waals surface area (Å²) < 4.78 is 40.2. The first-order chi connectivity index (χ1) is 19.8. The first-order valence-corrected chi connectivity index (χ1v) is 13.4. The van der Waals surface area contributed by atoms with E-state index in [4.69, 9.17) is 33.2 Å². The molecule has 41 heavy (non-hydrogen) atoms. The van der Waals surface area contributed by atoms with Crippen LogP contribution in [0, 0.1) is 0 Å². The predicted molar refractivity (Wildman–Crippen MR) is 153 cm³/mol. The summed E-state index contributed by atoms with van der Waals surface area (Å²) in [5, 5.41) is 0. The number of fused-ring (bicyclic) bond motifs is 1. The summed E-state index contributed by atoms with van der Waals surface area (Å²) in [5.41, 5.74) is 1.51. The average molecular weight is 585 g/mol. The van der Waals surface area contributed by atoms with Gasteiger partial charge in [-0.25, -0.2) is 9.79 Å². The Hall–Kier alpha value is -4.45. The molecule has 0 radical (unpaired) electrons. The van der Waals surface area contributed by atoms with E-state index in [0.29, 0.717) is 60.7 Å². The number of thiazole rings is 1. The zero-order valence-corrected chi connectivity index (χ0v) is 25.0. The van der Waals surface area contributed by atoms with Crippen LogP contribution >= 0.6 is 11.3 Å². The molecule has 2 aromatic carbocycles. The predicted octanol–water partition coefficient (Wildman–Crippen LogP) is 2.85.